The summed E-state index contributed by atoms with van der Waals surface area (Å²) >= 11 is 0. The summed E-state index contributed by atoms with van der Waals surface area (Å²) in [5, 5.41) is 0. The lowest BCUT2D eigenvalue weighted by Crippen LogP contribution is -2.25. The number of benzene rings is 1. The summed E-state index contributed by atoms with van der Waals surface area (Å²) in [7, 11) is 0. The Morgan fingerprint density at radius 2 is 1.55 bits per heavy atom. The second-order valence-corrected chi connectivity index (χ2v) is 4.37. The molecule has 0 amide bonds. The highest BCUT2D eigenvalue weighted by Crippen LogP contribution is 2.31. The molecule has 0 aliphatic heterocycles. The van der Waals surface area contributed by atoms with Gasteiger partial charge in [-0.05, 0) is 23.3 Å². The molecule has 20 heavy (non-hydrogen) atoms. The molecular formula is C15H12F3NO. The summed E-state index contributed by atoms with van der Waals surface area (Å²) in [5.41, 5.74) is 1.32. The second kappa shape index (κ2) is 5.86. The average molecular weight is 279 g/mol. The minimum Gasteiger partial charge on any atom is -0.290 e. The van der Waals surface area contributed by atoms with Crippen molar-refractivity contribution >= 4 is 5.78 Å². The van der Waals surface area contributed by atoms with Gasteiger partial charge >= 0.3 is 6.18 Å². The van der Waals surface area contributed by atoms with Crippen LogP contribution in [0, 0.1) is 0 Å². The Morgan fingerprint density at radius 3 is 2.10 bits per heavy atom. The molecule has 5 heteroatoms. The standard InChI is InChI=1S/C15H12F3NO/c16-15(17,18)14(20)10-13(11-4-2-1-3-5-11)12-6-8-19-9-7-12/h1-9,13H,10H2. The van der Waals surface area contributed by atoms with E-state index in [4.69, 9.17) is 0 Å². The molecule has 1 heterocycles. The number of carbonyl (C=O) groups excluding carboxylic acids is 1. The van der Waals surface area contributed by atoms with Gasteiger partial charge < -0.3 is 0 Å². The number of halogens is 3. The topological polar surface area (TPSA) is 30.0 Å². The van der Waals surface area contributed by atoms with Crippen molar-refractivity contribution in [3.05, 3.63) is 66.0 Å². The van der Waals surface area contributed by atoms with Crippen LogP contribution in [0.4, 0.5) is 13.2 Å². The molecule has 0 fully saturated rings. The van der Waals surface area contributed by atoms with Gasteiger partial charge in [-0.25, -0.2) is 0 Å². The molecule has 0 saturated carbocycles. The Hall–Kier alpha value is -2.17. The molecule has 1 atom stereocenters. The highest BCUT2D eigenvalue weighted by atomic mass is 19.4. The molecule has 0 aliphatic carbocycles. The number of ketones is 1. The molecule has 0 bridgehead atoms. The molecule has 1 aromatic carbocycles. The minimum absolute atomic E-state index is 0.600. The SMILES string of the molecule is O=C(CC(c1ccccc1)c1ccncc1)C(F)(F)F. The van der Waals surface area contributed by atoms with Gasteiger partial charge in [-0.2, -0.15) is 13.2 Å². The zero-order valence-electron chi connectivity index (χ0n) is 10.5. The largest absolute Gasteiger partial charge is 0.450 e. The van der Waals surface area contributed by atoms with Gasteiger partial charge in [-0.15, -0.1) is 0 Å². The fraction of sp³-hybridized carbons (Fsp3) is 0.200. The van der Waals surface area contributed by atoms with Gasteiger partial charge in [-0.3, -0.25) is 9.78 Å². The third-order valence-corrected chi connectivity index (χ3v) is 3.02. The van der Waals surface area contributed by atoms with E-state index >= 15 is 0 Å². The molecular weight excluding hydrogens is 267 g/mol. The van der Waals surface area contributed by atoms with E-state index < -0.39 is 24.3 Å². The van der Waals surface area contributed by atoms with Crippen molar-refractivity contribution in [3.63, 3.8) is 0 Å². The molecule has 0 aliphatic rings. The van der Waals surface area contributed by atoms with Crippen LogP contribution in [0.3, 0.4) is 0 Å². The first-order chi connectivity index (χ1) is 9.48. The summed E-state index contributed by atoms with van der Waals surface area (Å²) in [6.45, 7) is 0. The lowest BCUT2D eigenvalue weighted by molar-refractivity contribution is -0.171. The Kier molecular flexibility index (Phi) is 4.17. The maximum Gasteiger partial charge on any atom is 0.450 e. The van der Waals surface area contributed by atoms with Crippen LogP contribution in [0.5, 0.6) is 0 Å². The highest BCUT2D eigenvalue weighted by Gasteiger charge is 2.39. The van der Waals surface area contributed by atoms with Crippen molar-refractivity contribution in [1.29, 1.82) is 0 Å². The number of alkyl halides is 3. The summed E-state index contributed by atoms with van der Waals surface area (Å²) in [4.78, 5) is 15.1. The summed E-state index contributed by atoms with van der Waals surface area (Å²) < 4.78 is 37.4. The van der Waals surface area contributed by atoms with Crippen molar-refractivity contribution in [2.75, 3.05) is 0 Å². The monoisotopic (exact) mass is 279 g/mol. The third-order valence-electron chi connectivity index (χ3n) is 3.02. The van der Waals surface area contributed by atoms with Gasteiger partial charge in [-0.1, -0.05) is 30.3 Å². The number of Topliss-reactive ketones (excluding diaryl/α,β-unsaturated/α-hetero) is 1. The lowest BCUT2D eigenvalue weighted by Gasteiger charge is -2.18. The Morgan fingerprint density at radius 1 is 1.00 bits per heavy atom. The molecule has 2 aromatic rings. The van der Waals surface area contributed by atoms with Crippen molar-refractivity contribution in [2.24, 2.45) is 0 Å². The number of nitrogens with zero attached hydrogens (tertiary/aromatic N) is 1. The van der Waals surface area contributed by atoms with Gasteiger partial charge in [0.15, 0.2) is 0 Å². The van der Waals surface area contributed by atoms with Crippen molar-refractivity contribution in [1.82, 2.24) is 4.98 Å². The van der Waals surface area contributed by atoms with Crippen LogP contribution in [0.1, 0.15) is 23.5 Å². The van der Waals surface area contributed by atoms with Crippen LogP contribution in [0.2, 0.25) is 0 Å². The Labute approximate surface area is 114 Å². The van der Waals surface area contributed by atoms with Gasteiger partial charge in [0.05, 0.1) is 0 Å². The molecule has 0 N–H and O–H groups in total. The van der Waals surface area contributed by atoms with E-state index in [0.29, 0.717) is 11.1 Å². The summed E-state index contributed by atoms with van der Waals surface area (Å²) in [5.74, 6) is -2.34. The van der Waals surface area contributed by atoms with Crippen LogP contribution < -0.4 is 0 Å². The number of hydrogen-bond acceptors (Lipinski definition) is 2. The first-order valence-corrected chi connectivity index (χ1v) is 6.03. The first-order valence-electron chi connectivity index (χ1n) is 6.03. The van der Waals surface area contributed by atoms with E-state index in [1.807, 2.05) is 0 Å². The molecule has 104 valence electrons. The molecule has 0 spiro atoms. The predicted octanol–water partition coefficient (Wildman–Crippen LogP) is 3.74. The predicted molar refractivity (Wildman–Crippen MR) is 68.2 cm³/mol. The van der Waals surface area contributed by atoms with E-state index in [9.17, 15) is 18.0 Å². The molecule has 2 nitrogen and oxygen atoms in total. The second-order valence-electron chi connectivity index (χ2n) is 4.37. The Balaban J connectivity index is 2.34. The molecule has 0 radical (unpaired) electrons. The van der Waals surface area contributed by atoms with E-state index in [1.54, 1.807) is 42.5 Å². The summed E-state index contributed by atoms with van der Waals surface area (Å²) in [6.07, 6.45) is -2.40. The maximum absolute atomic E-state index is 12.5. The number of hydrogen-bond donors (Lipinski definition) is 0. The molecule has 1 unspecified atom stereocenters. The number of aromatic nitrogens is 1. The van der Waals surface area contributed by atoms with Gasteiger partial charge in [0.2, 0.25) is 5.78 Å². The van der Waals surface area contributed by atoms with E-state index in [1.165, 1.54) is 12.4 Å². The molecule has 2 rings (SSSR count). The fourth-order valence-electron chi connectivity index (χ4n) is 2.01. The maximum atomic E-state index is 12.5. The Bertz CT molecular complexity index is 527. The van der Waals surface area contributed by atoms with E-state index in [0.717, 1.165) is 0 Å². The van der Waals surface area contributed by atoms with Crippen LogP contribution in [-0.4, -0.2) is 16.9 Å². The van der Waals surface area contributed by atoms with Crippen LogP contribution >= 0.6 is 0 Å². The van der Waals surface area contributed by atoms with Gasteiger partial charge in [0.1, 0.15) is 0 Å². The van der Waals surface area contributed by atoms with Crippen LogP contribution in [0.25, 0.3) is 0 Å². The summed E-state index contributed by atoms with van der Waals surface area (Å²) in [6, 6.07) is 11.9. The van der Waals surface area contributed by atoms with Crippen molar-refractivity contribution in [2.45, 2.75) is 18.5 Å². The van der Waals surface area contributed by atoms with Gasteiger partial charge in [0, 0.05) is 24.7 Å². The fourth-order valence-corrected chi connectivity index (χ4v) is 2.01. The van der Waals surface area contributed by atoms with Gasteiger partial charge in [0.25, 0.3) is 0 Å². The smallest absolute Gasteiger partial charge is 0.290 e. The minimum atomic E-state index is -4.81. The van der Waals surface area contributed by atoms with Crippen LogP contribution in [-0.2, 0) is 4.79 Å². The number of carbonyl (C=O) groups is 1. The van der Waals surface area contributed by atoms with Crippen molar-refractivity contribution in [3.8, 4) is 0 Å². The zero-order chi connectivity index (χ0) is 14.6. The molecule has 1 aromatic heterocycles. The lowest BCUT2D eigenvalue weighted by atomic mass is 9.87. The van der Waals surface area contributed by atoms with Crippen LogP contribution in [0.15, 0.2) is 54.9 Å². The quantitative estimate of drug-likeness (QED) is 0.853. The first kappa shape index (κ1) is 14.2. The number of pyridine rings is 1. The zero-order valence-corrected chi connectivity index (χ0v) is 10.5. The highest BCUT2D eigenvalue weighted by molar-refractivity contribution is 5.85. The number of rotatable bonds is 4. The molecule has 0 saturated heterocycles. The van der Waals surface area contributed by atoms with E-state index in [2.05, 4.69) is 4.98 Å². The van der Waals surface area contributed by atoms with E-state index in [-0.39, 0.29) is 0 Å². The third kappa shape index (κ3) is 3.44. The normalized spacial score (nSPS) is 12.9. The average Bonchev–Trinajstić information content (AvgIpc) is 2.45. The van der Waals surface area contributed by atoms with Crippen molar-refractivity contribution < 1.29 is 18.0 Å².